The van der Waals surface area contributed by atoms with Gasteiger partial charge in [-0.2, -0.15) is 0 Å². The highest BCUT2D eigenvalue weighted by molar-refractivity contribution is 6.39. The molecule has 8 heteroatoms. The van der Waals surface area contributed by atoms with Gasteiger partial charge in [0.15, 0.2) is 11.5 Å². The Kier molecular flexibility index (Phi) is 6.46. The Hall–Kier alpha value is -3.68. The number of anilines is 1. The third kappa shape index (κ3) is 4.48. The molecule has 0 unspecified atom stereocenters. The number of imide groups is 2. The van der Waals surface area contributed by atoms with Gasteiger partial charge < -0.3 is 9.47 Å². The fraction of sp³-hybridized carbons (Fsp3) is 0.227. The molecule has 1 aliphatic heterocycles. The summed E-state index contributed by atoms with van der Waals surface area (Å²) >= 11 is 0. The van der Waals surface area contributed by atoms with Gasteiger partial charge in [-0.1, -0.05) is 19.4 Å². The first-order valence-corrected chi connectivity index (χ1v) is 9.42. The molecule has 0 saturated carbocycles. The third-order valence-electron chi connectivity index (χ3n) is 4.44. The van der Waals surface area contributed by atoms with E-state index in [-0.39, 0.29) is 11.3 Å². The van der Waals surface area contributed by atoms with Crippen molar-refractivity contribution < 1.29 is 28.2 Å². The number of nitrogens with zero attached hydrogens (tertiary/aromatic N) is 1. The molecule has 1 N–H and O–H groups in total. The summed E-state index contributed by atoms with van der Waals surface area (Å²) < 4.78 is 24.2. The number of ether oxygens (including phenoxy) is 2. The Balaban J connectivity index is 1.91. The van der Waals surface area contributed by atoms with Gasteiger partial charge in [-0.15, -0.1) is 0 Å². The minimum atomic E-state index is -0.897. The maximum Gasteiger partial charge on any atom is 0.335 e. The van der Waals surface area contributed by atoms with Crippen molar-refractivity contribution in [1.29, 1.82) is 0 Å². The molecule has 30 heavy (non-hydrogen) atoms. The van der Waals surface area contributed by atoms with Gasteiger partial charge in [-0.25, -0.2) is 14.1 Å². The number of amides is 4. The second kappa shape index (κ2) is 9.21. The first-order chi connectivity index (χ1) is 14.4. The second-order valence-electron chi connectivity index (χ2n) is 6.55. The van der Waals surface area contributed by atoms with Crippen molar-refractivity contribution >= 4 is 29.6 Å². The molecule has 3 rings (SSSR count). The number of benzene rings is 2. The van der Waals surface area contributed by atoms with Crippen molar-refractivity contribution in [3.63, 3.8) is 0 Å². The van der Waals surface area contributed by atoms with E-state index in [1.807, 2.05) is 0 Å². The van der Waals surface area contributed by atoms with Crippen molar-refractivity contribution in [1.82, 2.24) is 5.32 Å². The molecule has 0 aromatic heterocycles. The van der Waals surface area contributed by atoms with E-state index in [2.05, 4.69) is 12.2 Å². The standard InChI is InChI=1S/C22H21FN2O5/c1-3-4-11-30-18-10-5-14(13-19(18)29-2)12-17-20(26)24-22(28)25(21(17)27)16-8-6-15(23)7-9-16/h5-10,12-13H,3-4,11H2,1-2H3,(H,24,26,28). The molecule has 1 aliphatic rings. The molecule has 1 saturated heterocycles. The second-order valence-corrected chi connectivity index (χ2v) is 6.55. The maximum absolute atomic E-state index is 13.2. The van der Waals surface area contributed by atoms with Crippen LogP contribution in [0.2, 0.25) is 0 Å². The topological polar surface area (TPSA) is 84.9 Å². The van der Waals surface area contributed by atoms with Gasteiger partial charge in [0, 0.05) is 0 Å². The van der Waals surface area contributed by atoms with Crippen molar-refractivity contribution in [2.24, 2.45) is 0 Å². The van der Waals surface area contributed by atoms with Crippen LogP contribution in [0.5, 0.6) is 11.5 Å². The van der Waals surface area contributed by atoms with E-state index >= 15 is 0 Å². The molecule has 0 aliphatic carbocycles. The van der Waals surface area contributed by atoms with Crippen LogP contribution in [0.4, 0.5) is 14.9 Å². The zero-order chi connectivity index (χ0) is 21.7. The fourth-order valence-corrected chi connectivity index (χ4v) is 2.87. The van der Waals surface area contributed by atoms with E-state index in [1.165, 1.54) is 25.3 Å². The van der Waals surface area contributed by atoms with Crippen LogP contribution >= 0.6 is 0 Å². The number of nitrogens with one attached hydrogen (secondary N) is 1. The van der Waals surface area contributed by atoms with E-state index in [0.29, 0.717) is 23.7 Å². The third-order valence-corrected chi connectivity index (χ3v) is 4.44. The summed E-state index contributed by atoms with van der Waals surface area (Å²) in [4.78, 5) is 38.1. The lowest BCUT2D eigenvalue weighted by atomic mass is 10.1. The molecular weight excluding hydrogens is 391 g/mol. The SMILES string of the molecule is CCCCOc1ccc(C=C2C(=O)NC(=O)N(c3ccc(F)cc3)C2=O)cc1OC. The van der Waals surface area contributed by atoms with E-state index in [1.54, 1.807) is 18.2 Å². The number of halogens is 1. The lowest BCUT2D eigenvalue weighted by Crippen LogP contribution is -2.54. The van der Waals surface area contributed by atoms with Crippen LogP contribution in [-0.4, -0.2) is 31.6 Å². The van der Waals surface area contributed by atoms with Gasteiger partial charge in [-0.3, -0.25) is 14.9 Å². The zero-order valence-corrected chi connectivity index (χ0v) is 16.6. The highest BCUT2D eigenvalue weighted by atomic mass is 19.1. The normalized spacial score (nSPS) is 15.4. The van der Waals surface area contributed by atoms with E-state index in [4.69, 9.17) is 9.47 Å². The highest BCUT2D eigenvalue weighted by Gasteiger charge is 2.36. The number of rotatable bonds is 7. The molecule has 2 aromatic rings. The molecule has 7 nitrogen and oxygen atoms in total. The summed E-state index contributed by atoms with van der Waals surface area (Å²) in [7, 11) is 1.49. The van der Waals surface area contributed by atoms with Crippen molar-refractivity contribution in [3.05, 3.63) is 59.4 Å². The maximum atomic E-state index is 13.2. The van der Waals surface area contributed by atoms with Gasteiger partial charge in [0.2, 0.25) is 0 Å². The Morgan fingerprint density at radius 1 is 1.07 bits per heavy atom. The smallest absolute Gasteiger partial charge is 0.335 e. The molecular formula is C22H21FN2O5. The Morgan fingerprint density at radius 3 is 2.47 bits per heavy atom. The van der Waals surface area contributed by atoms with Crippen LogP contribution in [0.3, 0.4) is 0 Å². The molecule has 156 valence electrons. The average molecular weight is 412 g/mol. The van der Waals surface area contributed by atoms with Gasteiger partial charge in [0.25, 0.3) is 11.8 Å². The molecule has 1 heterocycles. The number of hydrogen-bond donors (Lipinski definition) is 1. The number of carbonyl (C=O) groups excluding carboxylic acids is 3. The molecule has 0 radical (unpaired) electrons. The molecule has 4 amide bonds. The lowest BCUT2D eigenvalue weighted by molar-refractivity contribution is -0.122. The summed E-state index contributed by atoms with van der Waals surface area (Å²) in [6.07, 6.45) is 3.25. The number of methoxy groups -OCH3 is 1. The summed E-state index contributed by atoms with van der Waals surface area (Å²) in [5.41, 5.74) is 0.428. The van der Waals surface area contributed by atoms with Crippen LogP contribution in [0.15, 0.2) is 48.0 Å². The largest absolute Gasteiger partial charge is 0.493 e. The predicted octanol–water partition coefficient (Wildman–Crippen LogP) is 3.68. The molecule has 2 aromatic carbocycles. The first kappa shape index (κ1) is 21.0. The summed E-state index contributed by atoms with van der Waals surface area (Å²) in [6, 6.07) is 8.91. The lowest BCUT2D eigenvalue weighted by Gasteiger charge is -2.26. The molecule has 0 spiro atoms. The summed E-state index contributed by atoms with van der Waals surface area (Å²) in [5, 5.41) is 2.13. The molecule has 1 fully saturated rings. The minimum Gasteiger partial charge on any atom is -0.493 e. The Labute approximate surface area is 173 Å². The predicted molar refractivity (Wildman–Crippen MR) is 109 cm³/mol. The van der Waals surface area contributed by atoms with E-state index < -0.39 is 23.7 Å². The minimum absolute atomic E-state index is 0.148. The number of carbonyl (C=O) groups is 3. The molecule has 0 bridgehead atoms. The number of unbranched alkanes of at least 4 members (excludes halogenated alkanes) is 1. The van der Waals surface area contributed by atoms with E-state index in [9.17, 15) is 18.8 Å². The van der Waals surface area contributed by atoms with Crippen molar-refractivity contribution in [2.45, 2.75) is 19.8 Å². The Morgan fingerprint density at radius 2 is 1.80 bits per heavy atom. The van der Waals surface area contributed by atoms with Gasteiger partial charge in [0.1, 0.15) is 11.4 Å². The number of hydrogen-bond acceptors (Lipinski definition) is 5. The Bertz CT molecular complexity index is 1000. The van der Waals surface area contributed by atoms with Crippen LogP contribution in [0, 0.1) is 5.82 Å². The summed E-state index contributed by atoms with van der Waals surface area (Å²) in [6.45, 7) is 2.60. The molecule has 0 atom stereocenters. The summed E-state index contributed by atoms with van der Waals surface area (Å²) in [5.74, 6) is -1.13. The van der Waals surface area contributed by atoms with E-state index in [0.717, 1.165) is 29.9 Å². The van der Waals surface area contributed by atoms with Crippen LogP contribution in [0.25, 0.3) is 6.08 Å². The van der Waals surface area contributed by atoms with Gasteiger partial charge >= 0.3 is 6.03 Å². The zero-order valence-electron chi connectivity index (χ0n) is 16.6. The van der Waals surface area contributed by atoms with Crippen LogP contribution < -0.4 is 19.7 Å². The highest BCUT2D eigenvalue weighted by Crippen LogP contribution is 2.30. The van der Waals surface area contributed by atoms with Gasteiger partial charge in [-0.05, 0) is 54.5 Å². The fourth-order valence-electron chi connectivity index (χ4n) is 2.87. The number of urea groups is 1. The van der Waals surface area contributed by atoms with Crippen LogP contribution in [-0.2, 0) is 9.59 Å². The number of barbiturate groups is 1. The quantitative estimate of drug-likeness (QED) is 0.426. The first-order valence-electron chi connectivity index (χ1n) is 9.42. The average Bonchev–Trinajstić information content (AvgIpc) is 2.73. The van der Waals surface area contributed by atoms with Crippen molar-refractivity contribution in [2.75, 3.05) is 18.6 Å². The van der Waals surface area contributed by atoms with Crippen LogP contribution in [0.1, 0.15) is 25.3 Å². The van der Waals surface area contributed by atoms with Gasteiger partial charge in [0.05, 0.1) is 19.4 Å². The monoisotopic (exact) mass is 412 g/mol. The van der Waals surface area contributed by atoms with Crippen molar-refractivity contribution in [3.8, 4) is 11.5 Å².